The molecule has 0 amide bonds. The second-order valence-electron chi connectivity index (χ2n) is 6.65. The molecular weight excluding hydrogens is 316 g/mol. The fraction of sp³-hybridized carbons (Fsp3) is 0.400. The third kappa shape index (κ3) is 2.94. The van der Waals surface area contributed by atoms with Crippen LogP contribution in [0.4, 0.5) is 0 Å². The maximum absolute atomic E-state index is 5.69. The van der Waals surface area contributed by atoms with E-state index in [1.807, 2.05) is 11.8 Å². The van der Waals surface area contributed by atoms with Crippen LogP contribution in [0.5, 0.6) is 5.75 Å². The molecule has 0 saturated carbocycles. The summed E-state index contributed by atoms with van der Waals surface area (Å²) in [6.45, 7) is 4.55. The lowest BCUT2D eigenvalue weighted by Crippen LogP contribution is -2.46. The van der Waals surface area contributed by atoms with Crippen LogP contribution in [0.1, 0.15) is 17.2 Å². The van der Waals surface area contributed by atoms with E-state index in [0.717, 1.165) is 38.3 Å². The number of rotatable bonds is 2. The lowest BCUT2D eigenvalue weighted by molar-refractivity contribution is 0.109. The van der Waals surface area contributed by atoms with Crippen molar-refractivity contribution in [1.82, 2.24) is 9.80 Å². The largest absolute Gasteiger partial charge is 0.496 e. The summed E-state index contributed by atoms with van der Waals surface area (Å²) >= 11 is 1.86. The van der Waals surface area contributed by atoms with Gasteiger partial charge in [0, 0.05) is 37.1 Å². The Hall–Kier alpha value is -1.49. The van der Waals surface area contributed by atoms with Crippen molar-refractivity contribution in [2.75, 3.05) is 40.3 Å². The average molecular weight is 340 g/mol. The highest BCUT2D eigenvalue weighted by Gasteiger charge is 2.30. The van der Waals surface area contributed by atoms with Crippen LogP contribution in [0.2, 0.25) is 0 Å². The van der Waals surface area contributed by atoms with Crippen LogP contribution < -0.4 is 4.74 Å². The average Bonchev–Trinajstić information content (AvgIpc) is 2.79. The van der Waals surface area contributed by atoms with Crippen molar-refractivity contribution in [2.24, 2.45) is 0 Å². The standard InChI is InChI=1S/C20H24N2OS/c1-21-10-12-22(13-11-21)17-14-15-6-3-4-9-19(15)24-20-16(17)7-5-8-18(20)23-2/h3-9,17H,10-14H2,1-2H3. The monoisotopic (exact) mass is 340 g/mol. The van der Waals surface area contributed by atoms with Crippen LogP contribution in [-0.2, 0) is 6.42 Å². The van der Waals surface area contributed by atoms with Gasteiger partial charge in [-0.05, 0) is 36.7 Å². The van der Waals surface area contributed by atoms with Crippen molar-refractivity contribution in [1.29, 1.82) is 0 Å². The fourth-order valence-corrected chi connectivity index (χ4v) is 4.95. The van der Waals surface area contributed by atoms with Gasteiger partial charge in [0.2, 0.25) is 0 Å². The minimum absolute atomic E-state index is 0.431. The number of likely N-dealkylation sites (N-methyl/N-ethyl adjacent to an activating group) is 1. The molecule has 4 heteroatoms. The highest BCUT2D eigenvalue weighted by molar-refractivity contribution is 7.99. The van der Waals surface area contributed by atoms with Crippen LogP contribution in [0.15, 0.2) is 52.3 Å². The van der Waals surface area contributed by atoms with Crippen LogP contribution in [0, 0.1) is 0 Å². The maximum atomic E-state index is 5.69. The number of hydrogen-bond donors (Lipinski definition) is 0. The lowest BCUT2D eigenvalue weighted by atomic mass is 9.96. The Bertz CT molecular complexity index is 725. The van der Waals surface area contributed by atoms with Gasteiger partial charge in [-0.25, -0.2) is 0 Å². The van der Waals surface area contributed by atoms with E-state index in [4.69, 9.17) is 4.74 Å². The van der Waals surface area contributed by atoms with E-state index in [1.54, 1.807) is 7.11 Å². The molecule has 0 bridgehead atoms. The van der Waals surface area contributed by atoms with Crippen LogP contribution in [0.3, 0.4) is 0 Å². The first-order chi connectivity index (χ1) is 11.8. The van der Waals surface area contributed by atoms with Gasteiger partial charge in [0.1, 0.15) is 5.75 Å². The quantitative estimate of drug-likeness (QED) is 0.828. The van der Waals surface area contributed by atoms with E-state index in [-0.39, 0.29) is 0 Å². The maximum Gasteiger partial charge on any atom is 0.133 e. The normalized spacial score (nSPS) is 21.7. The molecule has 2 aliphatic rings. The Morgan fingerprint density at radius 2 is 1.79 bits per heavy atom. The summed E-state index contributed by atoms with van der Waals surface area (Å²) < 4.78 is 5.69. The van der Waals surface area contributed by atoms with Crippen molar-refractivity contribution in [3.8, 4) is 5.75 Å². The minimum Gasteiger partial charge on any atom is -0.496 e. The van der Waals surface area contributed by atoms with Crippen molar-refractivity contribution in [3.63, 3.8) is 0 Å². The van der Waals surface area contributed by atoms with Gasteiger partial charge < -0.3 is 9.64 Å². The molecule has 0 aromatic heterocycles. The Labute approximate surface area is 148 Å². The first kappa shape index (κ1) is 16.0. The second-order valence-corrected chi connectivity index (χ2v) is 7.70. The summed E-state index contributed by atoms with van der Waals surface area (Å²) in [5, 5.41) is 0. The number of nitrogens with zero attached hydrogens (tertiary/aromatic N) is 2. The molecule has 0 spiro atoms. The number of benzene rings is 2. The zero-order valence-electron chi connectivity index (χ0n) is 14.4. The van der Waals surface area contributed by atoms with E-state index >= 15 is 0 Å². The third-order valence-corrected chi connectivity index (χ3v) is 6.42. The Morgan fingerprint density at radius 3 is 2.58 bits per heavy atom. The number of hydrogen-bond acceptors (Lipinski definition) is 4. The molecule has 1 saturated heterocycles. The molecule has 0 radical (unpaired) electrons. The molecule has 0 aliphatic carbocycles. The Kier molecular flexibility index (Phi) is 4.53. The van der Waals surface area contributed by atoms with Gasteiger partial charge in [-0.1, -0.05) is 42.1 Å². The highest BCUT2D eigenvalue weighted by Crippen LogP contribution is 2.46. The zero-order valence-corrected chi connectivity index (χ0v) is 15.2. The summed E-state index contributed by atoms with van der Waals surface area (Å²) in [6.07, 6.45) is 1.08. The minimum atomic E-state index is 0.431. The van der Waals surface area contributed by atoms with E-state index in [2.05, 4.69) is 59.3 Å². The van der Waals surface area contributed by atoms with Crippen molar-refractivity contribution in [3.05, 3.63) is 53.6 Å². The van der Waals surface area contributed by atoms with Gasteiger partial charge >= 0.3 is 0 Å². The summed E-state index contributed by atoms with van der Waals surface area (Å²) in [5.41, 5.74) is 2.87. The van der Waals surface area contributed by atoms with Gasteiger partial charge in [0.05, 0.1) is 12.0 Å². The molecule has 3 nitrogen and oxygen atoms in total. The van der Waals surface area contributed by atoms with E-state index in [0.29, 0.717) is 6.04 Å². The first-order valence-corrected chi connectivity index (χ1v) is 9.43. The molecule has 2 heterocycles. The summed E-state index contributed by atoms with van der Waals surface area (Å²) in [7, 11) is 3.99. The molecular formula is C20H24N2OS. The first-order valence-electron chi connectivity index (χ1n) is 8.61. The van der Waals surface area contributed by atoms with Gasteiger partial charge in [0.15, 0.2) is 0 Å². The fourth-order valence-electron chi connectivity index (χ4n) is 3.72. The highest BCUT2D eigenvalue weighted by atomic mass is 32.2. The zero-order chi connectivity index (χ0) is 16.5. The molecule has 1 atom stereocenters. The van der Waals surface area contributed by atoms with E-state index in [1.165, 1.54) is 20.9 Å². The van der Waals surface area contributed by atoms with E-state index in [9.17, 15) is 0 Å². The predicted octanol–water partition coefficient (Wildman–Crippen LogP) is 3.69. The lowest BCUT2D eigenvalue weighted by Gasteiger charge is -2.38. The van der Waals surface area contributed by atoms with Crippen LogP contribution in [-0.4, -0.2) is 50.1 Å². The topological polar surface area (TPSA) is 15.7 Å². The number of methoxy groups -OCH3 is 1. The van der Waals surface area contributed by atoms with Gasteiger partial charge in [-0.2, -0.15) is 0 Å². The Morgan fingerprint density at radius 1 is 1.00 bits per heavy atom. The Balaban J connectivity index is 1.79. The molecule has 2 aromatic carbocycles. The van der Waals surface area contributed by atoms with Crippen LogP contribution in [0.25, 0.3) is 0 Å². The van der Waals surface area contributed by atoms with Gasteiger partial charge in [-0.3, -0.25) is 4.90 Å². The summed E-state index contributed by atoms with van der Waals surface area (Å²) in [6, 6.07) is 15.8. The second kappa shape index (κ2) is 6.79. The van der Waals surface area contributed by atoms with Crippen molar-refractivity contribution >= 4 is 11.8 Å². The van der Waals surface area contributed by atoms with Crippen LogP contribution >= 0.6 is 11.8 Å². The molecule has 24 heavy (non-hydrogen) atoms. The summed E-state index contributed by atoms with van der Waals surface area (Å²) in [4.78, 5) is 7.72. The smallest absolute Gasteiger partial charge is 0.133 e. The van der Waals surface area contributed by atoms with Gasteiger partial charge in [-0.15, -0.1) is 0 Å². The number of fused-ring (bicyclic) bond motifs is 2. The predicted molar refractivity (Wildman–Crippen MR) is 99.1 cm³/mol. The molecule has 1 unspecified atom stereocenters. The molecule has 126 valence electrons. The van der Waals surface area contributed by atoms with Gasteiger partial charge in [0.25, 0.3) is 0 Å². The summed E-state index contributed by atoms with van der Waals surface area (Å²) in [5.74, 6) is 0.994. The SMILES string of the molecule is COc1cccc2c1Sc1ccccc1CC2N1CCN(C)CC1. The molecule has 4 rings (SSSR count). The number of ether oxygens (including phenoxy) is 1. The number of piperazine rings is 1. The molecule has 0 N–H and O–H groups in total. The van der Waals surface area contributed by atoms with Crippen molar-refractivity contribution < 1.29 is 4.74 Å². The molecule has 2 aromatic rings. The molecule has 2 aliphatic heterocycles. The molecule has 1 fully saturated rings. The third-order valence-electron chi connectivity index (χ3n) is 5.16. The van der Waals surface area contributed by atoms with E-state index < -0.39 is 0 Å². The van der Waals surface area contributed by atoms with Crippen molar-refractivity contribution in [2.45, 2.75) is 22.3 Å².